The molecule has 1 aromatic carbocycles. The van der Waals surface area contributed by atoms with Gasteiger partial charge in [-0.2, -0.15) is 4.98 Å². The van der Waals surface area contributed by atoms with Gasteiger partial charge in [-0.3, -0.25) is 9.36 Å². The number of fused-ring (bicyclic) bond motifs is 2. The molecule has 2 heterocycles. The summed E-state index contributed by atoms with van der Waals surface area (Å²) in [6, 6.07) is 13.6. The summed E-state index contributed by atoms with van der Waals surface area (Å²) in [5.74, 6) is 2.16. The Morgan fingerprint density at radius 3 is 2.61 bits per heavy atom. The van der Waals surface area contributed by atoms with Gasteiger partial charge >= 0.3 is 0 Å². The topological polar surface area (TPSA) is 59.8 Å². The van der Waals surface area contributed by atoms with Crippen LogP contribution in [0.4, 0.5) is 11.6 Å². The molecule has 0 aliphatic heterocycles. The highest BCUT2D eigenvalue weighted by Gasteiger charge is 2.33. The number of aromatic nitrogens is 3. The predicted octanol–water partition coefficient (Wildman–Crippen LogP) is 5.07. The van der Waals surface area contributed by atoms with E-state index in [9.17, 15) is 4.79 Å². The second-order valence-electron chi connectivity index (χ2n) is 8.28. The number of nitrogens with one attached hydrogen (secondary N) is 1. The van der Waals surface area contributed by atoms with Gasteiger partial charge in [0.2, 0.25) is 5.95 Å². The molecule has 2 aliphatic carbocycles. The maximum absolute atomic E-state index is 12.8. The van der Waals surface area contributed by atoms with E-state index in [2.05, 4.69) is 10.3 Å². The number of hydrogen-bond donors (Lipinski definition) is 1. The van der Waals surface area contributed by atoms with Crippen LogP contribution in [0.2, 0.25) is 0 Å². The Morgan fingerprint density at radius 1 is 0.929 bits per heavy atom. The van der Waals surface area contributed by atoms with Crippen LogP contribution >= 0.6 is 0 Å². The summed E-state index contributed by atoms with van der Waals surface area (Å²) >= 11 is 0. The molecule has 2 aromatic heterocycles. The smallest absolute Gasteiger partial charge is 0.252 e. The van der Waals surface area contributed by atoms with Gasteiger partial charge in [0.05, 0.1) is 0 Å². The molecule has 3 unspecified atom stereocenters. The van der Waals surface area contributed by atoms with E-state index in [1.807, 2.05) is 47.2 Å². The quantitative estimate of drug-likeness (QED) is 0.695. The average molecular weight is 374 g/mol. The zero-order valence-corrected chi connectivity index (χ0v) is 16.1. The number of anilines is 2. The van der Waals surface area contributed by atoms with Crippen molar-refractivity contribution in [1.29, 1.82) is 0 Å². The minimum atomic E-state index is 0.0520. The largest absolute Gasteiger partial charge is 0.324 e. The summed E-state index contributed by atoms with van der Waals surface area (Å²) in [5, 5.41) is 4.17. The van der Waals surface area contributed by atoms with E-state index < -0.39 is 0 Å². The van der Waals surface area contributed by atoms with Gasteiger partial charge in [-0.25, -0.2) is 4.98 Å². The molecule has 2 fully saturated rings. The first kappa shape index (κ1) is 17.4. The fraction of sp³-hybridized carbons (Fsp3) is 0.435. The summed E-state index contributed by atoms with van der Waals surface area (Å²) in [6.07, 6.45) is 10.6. The molecule has 0 amide bonds. The number of para-hydroxylation sites is 1. The number of pyridine rings is 1. The molecular weight excluding hydrogens is 348 g/mol. The fourth-order valence-electron chi connectivity index (χ4n) is 5.19. The molecule has 28 heavy (non-hydrogen) atoms. The summed E-state index contributed by atoms with van der Waals surface area (Å²) in [7, 11) is 0. The summed E-state index contributed by atoms with van der Waals surface area (Å²) in [5.41, 5.74) is 1.74. The van der Waals surface area contributed by atoms with Crippen molar-refractivity contribution in [2.75, 3.05) is 5.32 Å². The van der Waals surface area contributed by atoms with Crippen LogP contribution in [-0.2, 0) is 0 Å². The standard InChI is InChI=1S/C23H26N4O/c28-21-13-11-18-15-24-23(25-19-8-2-1-3-9-19)26-22(18)27(21)20-12-10-16-6-4-5-7-17(16)14-20/h1-3,8-9,11,13,15-17,20H,4-7,10,12,14H2,(H,24,25,26). The predicted molar refractivity (Wildman–Crippen MR) is 112 cm³/mol. The summed E-state index contributed by atoms with van der Waals surface area (Å²) < 4.78 is 1.94. The first-order valence-corrected chi connectivity index (χ1v) is 10.5. The first-order chi connectivity index (χ1) is 13.8. The minimum absolute atomic E-state index is 0.0520. The molecule has 0 spiro atoms. The number of benzene rings is 1. The minimum Gasteiger partial charge on any atom is -0.324 e. The van der Waals surface area contributed by atoms with Gasteiger partial charge in [-0.1, -0.05) is 43.9 Å². The Labute approximate surface area is 164 Å². The fourth-order valence-corrected chi connectivity index (χ4v) is 5.19. The Hall–Kier alpha value is -2.69. The van der Waals surface area contributed by atoms with Crippen LogP contribution in [0.25, 0.3) is 11.0 Å². The summed E-state index contributed by atoms with van der Waals surface area (Å²) in [4.78, 5) is 22.0. The maximum atomic E-state index is 12.8. The van der Waals surface area contributed by atoms with Gasteiger partial charge in [0.1, 0.15) is 5.65 Å². The van der Waals surface area contributed by atoms with Crippen LogP contribution in [0, 0.1) is 11.8 Å². The second-order valence-corrected chi connectivity index (χ2v) is 8.28. The van der Waals surface area contributed by atoms with Crippen molar-refractivity contribution < 1.29 is 0 Å². The molecule has 5 nitrogen and oxygen atoms in total. The lowest BCUT2D eigenvalue weighted by Crippen LogP contribution is -2.33. The van der Waals surface area contributed by atoms with E-state index >= 15 is 0 Å². The van der Waals surface area contributed by atoms with Crippen molar-refractivity contribution >= 4 is 22.7 Å². The Balaban J connectivity index is 1.51. The Morgan fingerprint density at radius 2 is 1.75 bits per heavy atom. The number of hydrogen-bond acceptors (Lipinski definition) is 4. The molecule has 0 radical (unpaired) electrons. The highest BCUT2D eigenvalue weighted by atomic mass is 16.1. The van der Waals surface area contributed by atoms with E-state index in [0.29, 0.717) is 5.95 Å². The van der Waals surface area contributed by atoms with Crippen molar-refractivity contribution in [1.82, 2.24) is 14.5 Å². The van der Waals surface area contributed by atoms with Gasteiger partial charge in [-0.15, -0.1) is 0 Å². The molecule has 1 N–H and O–H groups in total. The van der Waals surface area contributed by atoms with Crippen LogP contribution in [0.5, 0.6) is 0 Å². The van der Waals surface area contributed by atoms with Crippen molar-refractivity contribution in [2.45, 2.75) is 51.0 Å². The van der Waals surface area contributed by atoms with Gasteiger partial charge < -0.3 is 5.32 Å². The zero-order chi connectivity index (χ0) is 18.9. The van der Waals surface area contributed by atoms with Gasteiger partial charge in [0.25, 0.3) is 5.56 Å². The second kappa shape index (κ2) is 7.38. The van der Waals surface area contributed by atoms with E-state index in [-0.39, 0.29) is 11.6 Å². The monoisotopic (exact) mass is 374 g/mol. The van der Waals surface area contributed by atoms with Crippen LogP contribution in [-0.4, -0.2) is 14.5 Å². The molecule has 0 saturated heterocycles. The molecule has 144 valence electrons. The van der Waals surface area contributed by atoms with Gasteiger partial charge in [0.15, 0.2) is 0 Å². The van der Waals surface area contributed by atoms with Crippen molar-refractivity contribution in [3.8, 4) is 0 Å². The van der Waals surface area contributed by atoms with Crippen molar-refractivity contribution in [3.05, 3.63) is 59.0 Å². The number of nitrogens with zero attached hydrogens (tertiary/aromatic N) is 3. The Kier molecular flexibility index (Phi) is 4.59. The highest BCUT2D eigenvalue weighted by Crippen LogP contribution is 2.44. The maximum Gasteiger partial charge on any atom is 0.252 e. The third-order valence-corrected chi connectivity index (χ3v) is 6.57. The number of rotatable bonds is 3. The van der Waals surface area contributed by atoms with Crippen LogP contribution in [0.15, 0.2) is 53.5 Å². The lowest BCUT2D eigenvalue weighted by atomic mass is 9.69. The lowest BCUT2D eigenvalue weighted by Gasteiger charge is -2.40. The molecule has 5 rings (SSSR count). The van der Waals surface area contributed by atoms with Gasteiger partial charge in [-0.05, 0) is 49.3 Å². The van der Waals surface area contributed by atoms with Crippen LogP contribution < -0.4 is 10.9 Å². The molecule has 3 aromatic rings. The van der Waals surface area contributed by atoms with E-state index in [4.69, 9.17) is 4.98 Å². The third-order valence-electron chi connectivity index (χ3n) is 6.57. The average Bonchev–Trinajstić information content (AvgIpc) is 2.74. The van der Waals surface area contributed by atoms with Crippen LogP contribution in [0.1, 0.15) is 51.0 Å². The van der Waals surface area contributed by atoms with Gasteiger partial charge in [0, 0.05) is 29.4 Å². The molecule has 0 bridgehead atoms. The Bertz CT molecular complexity index is 1030. The third kappa shape index (κ3) is 3.30. The zero-order valence-electron chi connectivity index (χ0n) is 16.1. The van der Waals surface area contributed by atoms with Crippen LogP contribution in [0.3, 0.4) is 0 Å². The normalized spacial score (nSPS) is 24.6. The highest BCUT2D eigenvalue weighted by molar-refractivity contribution is 5.75. The lowest BCUT2D eigenvalue weighted by molar-refractivity contribution is 0.133. The summed E-state index contributed by atoms with van der Waals surface area (Å²) in [6.45, 7) is 0. The molecular formula is C23H26N4O. The molecule has 2 aliphatic rings. The van der Waals surface area contributed by atoms with Crippen molar-refractivity contribution in [2.24, 2.45) is 11.8 Å². The van der Waals surface area contributed by atoms with Crippen molar-refractivity contribution in [3.63, 3.8) is 0 Å². The van der Waals surface area contributed by atoms with E-state index in [0.717, 1.165) is 41.4 Å². The molecule has 3 atom stereocenters. The van der Waals surface area contributed by atoms with E-state index in [1.165, 1.54) is 32.1 Å². The first-order valence-electron chi connectivity index (χ1n) is 10.5. The molecule has 5 heteroatoms. The SMILES string of the molecule is O=c1ccc2cnc(Nc3ccccc3)nc2n1C1CCC2CCCCC2C1. The van der Waals surface area contributed by atoms with E-state index in [1.54, 1.807) is 6.07 Å². The molecule has 2 saturated carbocycles.